The maximum atomic E-state index is 14.4. The first-order chi connectivity index (χ1) is 27.8. The van der Waals surface area contributed by atoms with Gasteiger partial charge in [0, 0.05) is 61.2 Å². The standard InChI is InChI=1S/C44H58N2O13/c1-11-12-13-14-19-57-45-21-29-34-39(52)32-31(38(29)51)33-41(27(7)37(32)50)59-44(9,42(33)53)56-20-18-30(55-10)24(4)40(58-28(8)47)26(6)36(49)25(5)35(48)22(2)16-15-17-23(3)43(54)46-34/h11,15-18,20-22,24-26,30,35-36,40,48-52H,1,12-14,19H2,2-10H3,(H,46,54)/b16-15+,20-18+,23-17+,45-21+/t22-,24+,25+,26+,30-,35-,36+,40+,44-/m0/s1. The van der Waals surface area contributed by atoms with Crippen molar-refractivity contribution in [3.8, 4) is 23.0 Å². The zero-order valence-electron chi connectivity index (χ0n) is 35.1. The highest BCUT2D eigenvalue weighted by atomic mass is 16.7. The summed E-state index contributed by atoms with van der Waals surface area (Å²) in [6.45, 7) is 16.3. The van der Waals surface area contributed by atoms with Gasteiger partial charge in [-0.25, -0.2) is 0 Å². The Morgan fingerprint density at radius 3 is 2.32 bits per heavy atom. The highest BCUT2D eigenvalue weighted by Gasteiger charge is 2.50. The second-order valence-corrected chi connectivity index (χ2v) is 15.5. The summed E-state index contributed by atoms with van der Waals surface area (Å²) in [5.41, 5.74) is -0.610. The van der Waals surface area contributed by atoms with Gasteiger partial charge in [-0.1, -0.05) is 57.2 Å². The average Bonchev–Trinajstić information content (AvgIpc) is 3.46. The molecule has 5 bridgehead atoms. The second-order valence-electron chi connectivity index (χ2n) is 15.5. The number of benzene rings is 2. The lowest BCUT2D eigenvalue weighted by molar-refractivity contribution is -0.160. The van der Waals surface area contributed by atoms with Crippen molar-refractivity contribution in [3.05, 3.63) is 65.5 Å². The minimum atomic E-state index is -2.06. The number of allylic oxidation sites excluding steroid dienone is 3. The highest BCUT2D eigenvalue weighted by molar-refractivity contribution is 6.23. The van der Waals surface area contributed by atoms with Crippen LogP contribution in [0, 0.1) is 30.6 Å². The van der Waals surface area contributed by atoms with E-state index >= 15 is 0 Å². The minimum absolute atomic E-state index is 0.0332. The van der Waals surface area contributed by atoms with Gasteiger partial charge in [-0.3, -0.25) is 14.4 Å². The summed E-state index contributed by atoms with van der Waals surface area (Å²) in [6.07, 6.45) is 8.51. The number of oxime groups is 1. The molecule has 59 heavy (non-hydrogen) atoms. The Labute approximate surface area is 344 Å². The van der Waals surface area contributed by atoms with E-state index in [9.17, 15) is 39.9 Å². The van der Waals surface area contributed by atoms with E-state index in [1.165, 1.54) is 53.2 Å². The fourth-order valence-electron chi connectivity index (χ4n) is 7.47. The molecule has 5 rings (SSSR count). The third kappa shape index (κ3) is 9.75. The van der Waals surface area contributed by atoms with Gasteiger partial charge in [-0.15, -0.1) is 6.58 Å². The molecular formula is C44H58N2O13. The Bertz CT molecular complexity index is 2040. The van der Waals surface area contributed by atoms with Crippen LogP contribution in [0.25, 0.3) is 10.8 Å². The van der Waals surface area contributed by atoms with Crippen LogP contribution in [0.3, 0.4) is 0 Å². The Hall–Kier alpha value is -5.38. The Balaban J connectivity index is 1.94. The number of carbonyl (C=O) groups excluding carboxylic acids is 3. The molecule has 0 aliphatic carbocycles. The number of aliphatic hydroxyl groups is 2. The number of methoxy groups -OCH3 is 1. The van der Waals surface area contributed by atoms with E-state index in [0.29, 0.717) is 6.42 Å². The summed E-state index contributed by atoms with van der Waals surface area (Å²) in [5, 5.41) is 64.0. The number of hydrogen-bond acceptors (Lipinski definition) is 14. The molecule has 3 aliphatic rings. The number of rotatable bonds is 9. The molecule has 0 radical (unpaired) electrons. The summed E-state index contributed by atoms with van der Waals surface area (Å²) >= 11 is 0. The number of hydrogen-bond donors (Lipinski definition) is 6. The number of ketones is 1. The molecule has 3 heterocycles. The molecule has 2 aromatic rings. The Morgan fingerprint density at radius 2 is 1.68 bits per heavy atom. The number of phenolic OH excluding ortho intramolecular Hbond substituents is 3. The third-order valence-corrected chi connectivity index (χ3v) is 11.2. The number of aliphatic hydroxyl groups excluding tert-OH is 2. The number of carbonyl (C=O) groups is 3. The van der Waals surface area contributed by atoms with Gasteiger partial charge in [0.15, 0.2) is 5.75 Å². The van der Waals surface area contributed by atoms with E-state index in [1.54, 1.807) is 45.9 Å². The number of amides is 1. The van der Waals surface area contributed by atoms with Crippen LogP contribution < -0.4 is 10.1 Å². The summed E-state index contributed by atoms with van der Waals surface area (Å²) in [5.74, 6) is -8.64. The van der Waals surface area contributed by atoms with Crippen LogP contribution in [0.1, 0.15) is 89.2 Å². The van der Waals surface area contributed by atoms with E-state index in [2.05, 4.69) is 17.1 Å². The number of Topliss-reactive ketones (excluding diaryl/α,β-unsaturated/α-hetero) is 1. The van der Waals surface area contributed by atoms with Gasteiger partial charge in [-0.2, -0.15) is 0 Å². The number of nitrogens with zero attached hydrogens (tertiary/aromatic N) is 1. The molecule has 1 amide bonds. The number of anilines is 1. The highest BCUT2D eigenvalue weighted by Crippen LogP contribution is 2.55. The van der Waals surface area contributed by atoms with Crippen molar-refractivity contribution in [2.75, 3.05) is 19.0 Å². The van der Waals surface area contributed by atoms with Gasteiger partial charge in [0.1, 0.15) is 30.0 Å². The smallest absolute Gasteiger partial charge is 0.312 e. The third-order valence-electron chi connectivity index (χ3n) is 11.2. The lowest BCUT2D eigenvalue weighted by Gasteiger charge is -2.38. The molecule has 0 unspecified atom stereocenters. The summed E-state index contributed by atoms with van der Waals surface area (Å²) < 4.78 is 23.5. The summed E-state index contributed by atoms with van der Waals surface area (Å²) in [6, 6.07) is 0. The van der Waals surface area contributed by atoms with Crippen LogP contribution in [0.15, 0.2) is 53.9 Å². The van der Waals surface area contributed by atoms with E-state index in [0.717, 1.165) is 19.1 Å². The van der Waals surface area contributed by atoms with Gasteiger partial charge in [0.05, 0.1) is 53.0 Å². The van der Waals surface area contributed by atoms with E-state index in [1.807, 2.05) is 0 Å². The van der Waals surface area contributed by atoms with Crippen LogP contribution >= 0.6 is 0 Å². The SMILES string of the molecule is C=CCCCCO/N=C/c1c2c(O)c3c(O)c(C)c4c(c3c1O)C(=O)[C@@](C)(O/C=C/[C@H](OC)[C@@H](C)[C@@H](OC(C)=O)[C@H](C)[C@H](O)[C@H](C)[C@@H](O)[C@@H](C)/C=C/C=C(\C)C(=O)N2)O4. The number of fused-ring (bicyclic) bond motifs is 14. The van der Waals surface area contributed by atoms with Crippen molar-refractivity contribution in [2.24, 2.45) is 28.8 Å². The molecule has 0 saturated carbocycles. The predicted octanol–water partition coefficient (Wildman–Crippen LogP) is 6.46. The van der Waals surface area contributed by atoms with Crippen LogP contribution in [0.4, 0.5) is 5.69 Å². The zero-order valence-corrected chi connectivity index (χ0v) is 35.1. The molecule has 6 N–H and O–H groups in total. The summed E-state index contributed by atoms with van der Waals surface area (Å²) in [7, 11) is 1.43. The fourth-order valence-corrected chi connectivity index (χ4v) is 7.47. The van der Waals surface area contributed by atoms with Gasteiger partial charge < -0.3 is 54.6 Å². The topological polar surface area (TPSA) is 223 Å². The lowest BCUT2D eigenvalue weighted by Crippen LogP contribution is -2.46. The van der Waals surface area contributed by atoms with Crippen molar-refractivity contribution in [3.63, 3.8) is 0 Å². The number of nitrogens with one attached hydrogen (secondary N) is 1. The number of unbranched alkanes of at least 4 members (excludes halogenated alkanes) is 2. The Kier molecular flexibility index (Phi) is 15.4. The molecule has 15 nitrogen and oxygen atoms in total. The fraction of sp³-hybridized carbons (Fsp3) is 0.500. The van der Waals surface area contributed by atoms with Crippen molar-refractivity contribution >= 4 is 40.3 Å². The quantitative estimate of drug-likeness (QED) is 0.0304. The van der Waals surface area contributed by atoms with E-state index in [-0.39, 0.29) is 51.1 Å². The average molecular weight is 823 g/mol. The first-order valence-electron chi connectivity index (χ1n) is 19.7. The molecule has 2 aromatic carbocycles. The molecule has 0 saturated heterocycles. The molecule has 15 heteroatoms. The van der Waals surface area contributed by atoms with Crippen LogP contribution in [0.5, 0.6) is 23.0 Å². The van der Waals surface area contributed by atoms with Crippen LogP contribution in [-0.4, -0.2) is 93.3 Å². The lowest BCUT2D eigenvalue weighted by atomic mass is 9.78. The minimum Gasteiger partial charge on any atom is -0.507 e. The monoisotopic (exact) mass is 822 g/mol. The zero-order chi connectivity index (χ0) is 43.9. The predicted molar refractivity (Wildman–Crippen MR) is 221 cm³/mol. The van der Waals surface area contributed by atoms with Crippen LogP contribution in [0.2, 0.25) is 0 Å². The molecule has 322 valence electrons. The van der Waals surface area contributed by atoms with Gasteiger partial charge in [0.2, 0.25) is 0 Å². The second kappa shape index (κ2) is 19.6. The number of aromatic hydroxyl groups is 3. The number of esters is 1. The van der Waals surface area contributed by atoms with Gasteiger partial charge >= 0.3 is 11.8 Å². The van der Waals surface area contributed by atoms with Gasteiger partial charge in [0.25, 0.3) is 11.7 Å². The number of phenols is 3. The maximum absolute atomic E-state index is 14.4. The largest absolute Gasteiger partial charge is 0.507 e. The molecule has 0 fully saturated rings. The first kappa shape index (κ1) is 46.3. The maximum Gasteiger partial charge on any atom is 0.312 e. The van der Waals surface area contributed by atoms with Crippen LogP contribution in [-0.2, 0) is 28.6 Å². The molecule has 0 spiro atoms. The van der Waals surface area contributed by atoms with Crippen molar-refractivity contribution < 1.29 is 63.7 Å². The normalized spacial score (nSPS) is 30.0. The van der Waals surface area contributed by atoms with Crippen molar-refractivity contribution in [1.29, 1.82) is 0 Å². The van der Waals surface area contributed by atoms with E-state index in [4.69, 9.17) is 23.8 Å². The molecule has 3 aliphatic heterocycles. The first-order valence-corrected chi connectivity index (χ1v) is 19.7. The summed E-state index contributed by atoms with van der Waals surface area (Å²) in [4.78, 5) is 45.7. The Morgan fingerprint density at radius 1 is 0.983 bits per heavy atom. The van der Waals surface area contributed by atoms with Crippen molar-refractivity contribution in [2.45, 2.75) is 105 Å². The number of ether oxygens (including phenoxy) is 4. The molecular weight excluding hydrogens is 764 g/mol. The van der Waals surface area contributed by atoms with Gasteiger partial charge in [-0.05, 0) is 39.2 Å². The molecule has 9 atom stereocenters. The van der Waals surface area contributed by atoms with Crippen molar-refractivity contribution in [1.82, 2.24) is 0 Å². The molecule has 0 aromatic heterocycles. The van der Waals surface area contributed by atoms with E-state index < -0.39 is 88.8 Å².